The predicted molar refractivity (Wildman–Crippen MR) is 149 cm³/mol. The fraction of sp³-hybridized carbons (Fsp3) is 0.517. The lowest BCUT2D eigenvalue weighted by molar-refractivity contribution is -0.141. The number of hydrogen-bond donors (Lipinski definition) is 1. The van der Waals surface area contributed by atoms with Gasteiger partial charge in [0.05, 0.1) is 11.9 Å². The van der Waals surface area contributed by atoms with Crippen LogP contribution in [0.25, 0.3) is 0 Å². The Bertz CT molecular complexity index is 1140. The van der Waals surface area contributed by atoms with Crippen LogP contribution in [-0.4, -0.2) is 50.0 Å². The van der Waals surface area contributed by atoms with E-state index in [0.717, 1.165) is 42.4 Å². The molecule has 1 aliphatic rings. The Balaban J connectivity index is 1.74. The molecule has 2 aromatic rings. The van der Waals surface area contributed by atoms with Gasteiger partial charge in [-0.05, 0) is 57.2 Å². The summed E-state index contributed by atoms with van der Waals surface area (Å²) in [5, 5.41) is 3.16. The summed E-state index contributed by atoms with van der Waals surface area (Å²) in [6.45, 7) is 6.42. The average molecular weight is 528 g/mol. The monoisotopic (exact) mass is 527 g/mol. The number of aryl methyl sites for hydroxylation is 2. The molecule has 0 saturated heterocycles. The minimum absolute atomic E-state index is 0.104. The van der Waals surface area contributed by atoms with Crippen molar-refractivity contribution in [3.8, 4) is 0 Å². The highest BCUT2D eigenvalue weighted by Gasteiger charge is 2.30. The van der Waals surface area contributed by atoms with E-state index in [0.29, 0.717) is 25.1 Å². The molecule has 0 bridgehead atoms. The Kier molecular flexibility index (Phi) is 10.1. The molecule has 1 aliphatic carbocycles. The van der Waals surface area contributed by atoms with Crippen molar-refractivity contribution in [2.45, 2.75) is 84.3 Å². The second-order valence-corrected chi connectivity index (χ2v) is 12.1. The van der Waals surface area contributed by atoms with E-state index in [4.69, 9.17) is 0 Å². The zero-order valence-electron chi connectivity index (χ0n) is 22.6. The van der Waals surface area contributed by atoms with E-state index in [9.17, 15) is 18.0 Å². The highest BCUT2D eigenvalue weighted by Crippen LogP contribution is 2.22. The molecule has 0 unspecified atom stereocenters. The molecule has 2 aromatic carbocycles. The Morgan fingerprint density at radius 3 is 2.08 bits per heavy atom. The summed E-state index contributed by atoms with van der Waals surface area (Å²) in [5.41, 5.74) is 3.72. The first-order valence-corrected chi connectivity index (χ1v) is 15.1. The summed E-state index contributed by atoms with van der Waals surface area (Å²) in [4.78, 5) is 28.5. The van der Waals surface area contributed by atoms with Crippen LogP contribution in [0.1, 0.15) is 68.6 Å². The van der Waals surface area contributed by atoms with E-state index in [2.05, 4.69) is 5.32 Å². The van der Waals surface area contributed by atoms with Gasteiger partial charge in [-0.15, -0.1) is 0 Å². The van der Waals surface area contributed by atoms with Crippen LogP contribution in [0, 0.1) is 13.8 Å². The van der Waals surface area contributed by atoms with Crippen LogP contribution in [0.2, 0.25) is 0 Å². The zero-order valence-corrected chi connectivity index (χ0v) is 23.4. The maximum atomic E-state index is 13.5. The number of nitrogens with one attached hydrogen (secondary N) is 1. The highest BCUT2D eigenvalue weighted by atomic mass is 32.2. The van der Waals surface area contributed by atoms with Crippen LogP contribution >= 0.6 is 0 Å². The zero-order chi connectivity index (χ0) is 27.0. The molecule has 1 fully saturated rings. The van der Waals surface area contributed by atoms with E-state index in [-0.39, 0.29) is 30.8 Å². The van der Waals surface area contributed by atoms with Crippen LogP contribution in [-0.2, 0) is 26.2 Å². The van der Waals surface area contributed by atoms with Crippen molar-refractivity contribution < 1.29 is 18.0 Å². The lowest BCUT2D eigenvalue weighted by Gasteiger charge is -2.32. The molecular weight excluding hydrogens is 486 g/mol. The van der Waals surface area contributed by atoms with Gasteiger partial charge in [-0.1, -0.05) is 67.3 Å². The number of sulfonamides is 1. The first-order chi connectivity index (χ1) is 17.6. The number of amides is 2. The molecule has 0 aliphatic heterocycles. The molecule has 0 radical (unpaired) electrons. The van der Waals surface area contributed by atoms with E-state index in [1.165, 1.54) is 10.6 Å². The summed E-state index contributed by atoms with van der Waals surface area (Å²) in [6, 6.07) is 14.9. The van der Waals surface area contributed by atoms with Crippen LogP contribution in [0.5, 0.6) is 0 Å². The quantitative estimate of drug-likeness (QED) is 0.433. The van der Waals surface area contributed by atoms with Crippen molar-refractivity contribution >= 4 is 27.5 Å². The van der Waals surface area contributed by atoms with Crippen LogP contribution in [0.15, 0.2) is 48.5 Å². The molecular formula is C29H41N3O4S. The summed E-state index contributed by atoms with van der Waals surface area (Å²) < 4.78 is 26.3. The number of anilines is 1. The average Bonchev–Trinajstić information content (AvgIpc) is 3.36. The maximum absolute atomic E-state index is 13.5. The third-order valence-electron chi connectivity index (χ3n) is 7.04. The second kappa shape index (κ2) is 13.1. The fourth-order valence-electron chi connectivity index (χ4n) is 4.89. The van der Waals surface area contributed by atoms with Gasteiger partial charge >= 0.3 is 0 Å². The van der Waals surface area contributed by atoms with Crippen LogP contribution < -0.4 is 9.62 Å². The lowest BCUT2D eigenvalue weighted by atomic mass is 10.1. The summed E-state index contributed by atoms with van der Waals surface area (Å²) in [7, 11) is -3.51. The third-order valence-corrected chi connectivity index (χ3v) is 8.23. The van der Waals surface area contributed by atoms with Gasteiger partial charge in [0.2, 0.25) is 21.8 Å². The van der Waals surface area contributed by atoms with Gasteiger partial charge in [-0.25, -0.2) is 8.42 Å². The third kappa shape index (κ3) is 8.32. The highest BCUT2D eigenvalue weighted by molar-refractivity contribution is 7.92. The number of nitrogens with zero attached hydrogens (tertiary/aromatic N) is 2. The van der Waals surface area contributed by atoms with Crippen molar-refractivity contribution in [3.63, 3.8) is 0 Å². The number of rotatable bonds is 12. The smallest absolute Gasteiger partial charge is 0.243 e. The molecule has 37 heavy (non-hydrogen) atoms. The molecule has 0 aromatic heterocycles. The lowest BCUT2D eigenvalue weighted by Crippen LogP contribution is -2.51. The van der Waals surface area contributed by atoms with Crippen molar-refractivity contribution in [3.05, 3.63) is 65.2 Å². The molecule has 7 nitrogen and oxygen atoms in total. The minimum Gasteiger partial charge on any atom is -0.352 e. The Morgan fingerprint density at radius 2 is 1.54 bits per heavy atom. The first-order valence-electron chi connectivity index (χ1n) is 13.3. The van der Waals surface area contributed by atoms with Gasteiger partial charge < -0.3 is 10.2 Å². The molecule has 8 heteroatoms. The number of hydrogen-bond acceptors (Lipinski definition) is 4. The molecule has 0 spiro atoms. The number of benzene rings is 2. The molecule has 1 N–H and O–H groups in total. The summed E-state index contributed by atoms with van der Waals surface area (Å²) >= 11 is 0. The summed E-state index contributed by atoms with van der Waals surface area (Å²) in [6.07, 6.45) is 6.38. The Morgan fingerprint density at radius 1 is 0.973 bits per heavy atom. The number of carbonyl (C=O) groups is 2. The molecule has 0 heterocycles. The van der Waals surface area contributed by atoms with E-state index < -0.39 is 16.1 Å². The van der Waals surface area contributed by atoms with E-state index in [1.807, 2.05) is 57.2 Å². The minimum atomic E-state index is -3.51. The van der Waals surface area contributed by atoms with Crippen molar-refractivity contribution in [1.82, 2.24) is 10.2 Å². The van der Waals surface area contributed by atoms with Crippen molar-refractivity contribution in [2.24, 2.45) is 0 Å². The second-order valence-electron chi connectivity index (χ2n) is 10.2. The number of carbonyl (C=O) groups excluding carboxylic acids is 2. The van der Waals surface area contributed by atoms with E-state index >= 15 is 0 Å². The van der Waals surface area contributed by atoms with Crippen molar-refractivity contribution in [2.75, 3.05) is 17.1 Å². The molecule has 202 valence electrons. The topological polar surface area (TPSA) is 86.8 Å². The van der Waals surface area contributed by atoms with Gasteiger partial charge in [0.15, 0.2) is 0 Å². The molecule has 3 rings (SSSR count). The fourth-order valence-corrected chi connectivity index (χ4v) is 5.86. The largest absolute Gasteiger partial charge is 0.352 e. The van der Waals surface area contributed by atoms with E-state index in [1.54, 1.807) is 17.0 Å². The van der Waals surface area contributed by atoms with Gasteiger partial charge in [-0.2, -0.15) is 0 Å². The normalized spacial score (nSPS) is 14.8. The van der Waals surface area contributed by atoms with Crippen LogP contribution in [0.4, 0.5) is 5.69 Å². The Hall–Kier alpha value is -2.87. The molecule has 1 atom stereocenters. The Labute approximate surface area is 222 Å². The standard InChI is InChI=1S/C29H41N3O4S/c1-5-27(29(34)30-25-9-6-7-10-25)31(21-24-16-12-22(2)13-17-24)28(33)11-8-20-32(37(4,35)36)26-18-14-23(3)15-19-26/h12-19,25,27H,5-11,20-21H2,1-4H3,(H,30,34)/t27-/m1/s1. The molecule has 2 amide bonds. The van der Waals surface area contributed by atoms with Crippen molar-refractivity contribution in [1.29, 1.82) is 0 Å². The van der Waals surface area contributed by atoms with Crippen LogP contribution in [0.3, 0.4) is 0 Å². The summed E-state index contributed by atoms with van der Waals surface area (Å²) in [5.74, 6) is -0.251. The first kappa shape index (κ1) is 28.7. The van der Waals surface area contributed by atoms with Gasteiger partial charge in [-0.3, -0.25) is 13.9 Å². The van der Waals surface area contributed by atoms with Gasteiger partial charge in [0.1, 0.15) is 6.04 Å². The SMILES string of the molecule is CC[C@H](C(=O)NC1CCCC1)N(Cc1ccc(C)cc1)C(=O)CCCN(c1ccc(C)cc1)S(C)(=O)=O. The predicted octanol–water partition coefficient (Wildman–Crippen LogP) is 4.72. The molecule has 1 saturated carbocycles. The maximum Gasteiger partial charge on any atom is 0.243 e. The van der Waals surface area contributed by atoms with Gasteiger partial charge in [0, 0.05) is 25.6 Å². The van der Waals surface area contributed by atoms with Gasteiger partial charge in [0.25, 0.3) is 0 Å².